The Morgan fingerprint density at radius 1 is 0.208 bits per heavy atom. The Balaban J connectivity index is 0.853. The van der Waals surface area contributed by atoms with E-state index in [0.29, 0.717) is 0 Å². The number of nitrogens with zero attached hydrogens (tertiary/aromatic N) is 1. The molecule has 3 nitrogen and oxygen atoms in total. The average molecular weight is 982 g/mol. The van der Waals surface area contributed by atoms with Gasteiger partial charge >= 0.3 is 0 Å². The van der Waals surface area contributed by atoms with Gasteiger partial charge < -0.3 is 14.4 Å². The molecule has 0 unspecified atom stereocenters. The Morgan fingerprint density at radius 2 is 0.532 bits per heavy atom. The molecule has 2 aliphatic heterocycles. The molecule has 0 N–H and O–H groups in total. The zero-order valence-corrected chi connectivity index (χ0v) is 41.9. The predicted octanol–water partition coefficient (Wildman–Crippen LogP) is 19.1. The molecule has 0 atom stereocenters. The van der Waals surface area contributed by atoms with Crippen LogP contribution in [0, 0.1) is 0 Å². The van der Waals surface area contributed by atoms with E-state index in [-0.39, 0.29) is 0 Å². The molecule has 0 aromatic heterocycles. The van der Waals surface area contributed by atoms with Crippen LogP contribution in [0.3, 0.4) is 0 Å². The van der Waals surface area contributed by atoms with Gasteiger partial charge in [0.1, 0.15) is 23.0 Å². The lowest BCUT2D eigenvalue weighted by Gasteiger charge is -2.39. The third-order valence-electron chi connectivity index (χ3n) is 16.8. The minimum absolute atomic E-state index is 0.560. The third-order valence-corrected chi connectivity index (χ3v) is 16.8. The molecule has 12 aromatic carbocycles. The highest BCUT2D eigenvalue weighted by Gasteiger charge is 2.52. The van der Waals surface area contributed by atoms with Gasteiger partial charge in [-0.2, -0.15) is 0 Å². The summed E-state index contributed by atoms with van der Waals surface area (Å²) >= 11 is 0. The van der Waals surface area contributed by atoms with Crippen LogP contribution in [-0.2, 0) is 10.8 Å². The van der Waals surface area contributed by atoms with Crippen LogP contribution < -0.4 is 14.4 Å². The summed E-state index contributed by atoms with van der Waals surface area (Å²) < 4.78 is 13.4. The molecular formula is C74H47NO2. The fourth-order valence-electron chi connectivity index (χ4n) is 13.6. The molecule has 12 aromatic rings. The van der Waals surface area contributed by atoms with Gasteiger partial charge in [0, 0.05) is 39.3 Å². The second-order valence-corrected chi connectivity index (χ2v) is 20.6. The van der Waals surface area contributed by atoms with E-state index >= 15 is 0 Å². The Labute approximate surface area is 448 Å². The summed E-state index contributed by atoms with van der Waals surface area (Å²) in [7, 11) is 0. The molecule has 0 bridgehead atoms. The molecular weight excluding hydrogens is 935 g/mol. The Morgan fingerprint density at radius 3 is 0.974 bits per heavy atom. The van der Waals surface area contributed by atoms with Gasteiger partial charge in [-0.15, -0.1) is 0 Å². The highest BCUT2D eigenvalue weighted by atomic mass is 16.5. The zero-order valence-electron chi connectivity index (χ0n) is 41.9. The maximum atomic E-state index is 6.68. The molecule has 0 radical (unpaired) electrons. The summed E-state index contributed by atoms with van der Waals surface area (Å²) in [5.41, 5.74) is 23.7. The largest absolute Gasteiger partial charge is 0.457 e. The quantitative estimate of drug-likeness (QED) is 0.166. The fourth-order valence-corrected chi connectivity index (χ4v) is 13.6. The van der Waals surface area contributed by atoms with E-state index in [1.54, 1.807) is 0 Å². The van der Waals surface area contributed by atoms with Crippen molar-refractivity contribution in [1.29, 1.82) is 0 Å². The van der Waals surface area contributed by atoms with E-state index in [0.717, 1.165) is 84.6 Å². The number of anilines is 3. The van der Waals surface area contributed by atoms with Crippen molar-refractivity contribution < 1.29 is 9.47 Å². The fraction of sp³-hybridized carbons (Fsp3) is 0.0270. The molecule has 16 rings (SSSR count). The van der Waals surface area contributed by atoms with Crippen LogP contribution in [0.15, 0.2) is 285 Å². The summed E-state index contributed by atoms with van der Waals surface area (Å²) in [6.45, 7) is 0. The predicted molar refractivity (Wildman–Crippen MR) is 312 cm³/mol. The standard InChI is InChI=1S/C74H47NO2/c1-2-18-48(19-3-1)49-36-40-54(41-37-49)75(55-22-16-20-50(44-55)52-38-42-59-57-24-4-6-26-61(57)73(67(59)46-52)63-28-8-12-32-69(63)76-70-33-13-9-29-64(70)73)56-23-17-21-51(45-56)53-39-43-60-58-25-5-7-27-62(58)74(68(60)47-53)65-30-10-14-34-71(65)77-72-35-15-11-31-66(72)74/h1-47H. The van der Waals surface area contributed by atoms with Gasteiger partial charge in [0.05, 0.1) is 10.8 Å². The lowest BCUT2D eigenvalue weighted by Crippen LogP contribution is -2.32. The molecule has 0 saturated heterocycles. The van der Waals surface area contributed by atoms with Crippen molar-refractivity contribution >= 4 is 17.1 Å². The van der Waals surface area contributed by atoms with Crippen molar-refractivity contribution in [2.45, 2.75) is 10.8 Å². The molecule has 360 valence electrons. The van der Waals surface area contributed by atoms with Gasteiger partial charge in [-0.05, 0) is 151 Å². The summed E-state index contributed by atoms with van der Waals surface area (Å²) in [6, 6.07) is 104. The normalized spacial score (nSPS) is 13.9. The Bertz CT molecular complexity index is 4030. The summed E-state index contributed by atoms with van der Waals surface area (Å²) in [5.74, 6) is 3.56. The first-order chi connectivity index (χ1) is 38.2. The average Bonchev–Trinajstić information content (AvgIpc) is 4.20. The van der Waals surface area contributed by atoms with Gasteiger partial charge in [0.2, 0.25) is 0 Å². The van der Waals surface area contributed by atoms with Crippen molar-refractivity contribution in [2.24, 2.45) is 0 Å². The molecule has 3 heteroatoms. The van der Waals surface area contributed by atoms with Crippen LogP contribution in [0.1, 0.15) is 44.5 Å². The molecule has 0 saturated carbocycles. The van der Waals surface area contributed by atoms with E-state index in [9.17, 15) is 0 Å². The second-order valence-electron chi connectivity index (χ2n) is 20.6. The molecule has 2 heterocycles. The number of fused-ring (bicyclic) bond motifs is 18. The van der Waals surface area contributed by atoms with Crippen LogP contribution >= 0.6 is 0 Å². The van der Waals surface area contributed by atoms with Gasteiger partial charge in [-0.1, -0.05) is 212 Å². The van der Waals surface area contributed by atoms with Crippen molar-refractivity contribution in [1.82, 2.24) is 0 Å². The molecule has 2 spiro atoms. The summed E-state index contributed by atoms with van der Waals surface area (Å²) in [6.07, 6.45) is 0. The van der Waals surface area contributed by atoms with Crippen LogP contribution in [-0.4, -0.2) is 0 Å². The Kier molecular flexibility index (Phi) is 9.47. The number of benzene rings is 12. The maximum Gasteiger partial charge on any atom is 0.132 e. The highest BCUT2D eigenvalue weighted by Crippen LogP contribution is 2.64. The second kappa shape index (κ2) is 16.8. The number of para-hydroxylation sites is 4. The first kappa shape index (κ1) is 43.4. The minimum atomic E-state index is -0.560. The third kappa shape index (κ3) is 6.26. The monoisotopic (exact) mass is 981 g/mol. The topological polar surface area (TPSA) is 21.7 Å². The first-order valence-corrected chi connectivity index (χ1v) is 26.6. The van der Waals surface area contributed by atoms with Crippen LogP contribution in [0.25, 0.3) is 55.6 Å². The van der Waals surface area contributed by atoms with E-state index in [4.69, 9.17) is 9.47 Å². The van der Waals surface area contributed by atoms with Gasteiger partial charge in [0.25, 0.3) is 0 Å². The number of hydrogen-bond acceptors (Lipinski definition) is 3. The van der Waals surface area contributed by atoms with Crippen molar-refractivity contribution in [3.05, 3.63) is 330 Å². The maximum absolute atomic E-state index is 6.68. The lowest BCUT2D eigenvalue weighted by atomic mass is 9.66. The number of rotatable bonds is 6. The van der Waals surface area contributed by atoms with Crippen molar-refractivity contribution in [3.8, 4) is 78.6 Å². The SMILES string of the molecule is c1ccc(-c2ccc(N(c3cccc(-c4ccc5c(c4)C4(c6ccccc6Oc6ccccc64)c4ccccc4-5)c3)c3cccc(-c4ccc5c(c4)C4(c6ccccc6Oc6ccccc64)c4ccccc4-5)c3)cc2)cc1. The molecule has 77 heavy (non-hydrogen) atoms. The van der Waals surface area contributed by atoms with Crippen LogP contribution in [0.5, 0.6) is 23.0 Å². The van der Waals surface area contributed by atoms with Gasteiger partial charge in [-0.25, -0.2) is 0 Å². The van der Waals surface area contributed by atoms with E-state index in [1.165, 1.54) is 55.6 Å². The number of ether oxygens (including phenoxy) is 2. The van der Waals surface area contributed by atoms with Gasteiger partial charge in [0.15, 0.2) is 0 Å². The molecule has 2 aliphatic carbocycles. The lowest BCUT2D eigenvalue weighted by molar-refractivity contribution is 0.436. The molecule has 0 fully saturated rings. The molecule has 0 amide bonds. The Hall–Kier alpha value is -9.96. The smallest absolute Gasteiger partial charge is 0.132 e. The van der Waals surface area contributed by atoms with Crippen LogP contribution in [0.2, 0.25) is 0 Å². The van der Waals surface area contributed by atoms with E-state index in [2.05, 4.69) is 290 Å². The van der Waals surface area contributed by atoms with E-state index < -0.39 is 10.8 Å². The molecule has 4 aliphatic rings. The summed E-state index contributed by atoms with van der Waals surface area (Å²) in [4.78, 5) is 2.41. The minimum Gasteiger partial charge on any atom is -0.457 e. The van der Waals surface area contributed by atoms with E-state index in [1.807, 2.05) is 0 Å². The first-order valence-electron chi connectivity index (χ1n) is 26.6. The number of hydrogen-bond donors (Lipinski definition) is 0. The highest BCUT2D eigenvalue weighted by molar-refractivity contribution is 5.93. The zero-order chi connectivity index (χ0) is 50.7. The van der Waals surface area contributed by atoms with Gasteiger partial charge in [-0.3, -0.25) is 0 Å². The van der Waals surface area contributed by atoms with Crippen molar-refractivity contribution in [2.75, 3.05) is 4.90 Å². The summed E-state index contributed by atoms with van der Waals surface area (Å²) in [5, 5.41) is 0. The van der Waals surface area contributed by atoms with Crippen LogP contribution in [0.4, 0.5) is 17.1 Å². The van der Waals surface area contributed by atoms with Crippen molar-refractivity contribution in [3.63, 3.8) is 0 Å².